The molecular formula is C33H29N3O3. The van der Waals surface area contributed by atoms with Gasteiger partial charge < -0.3 is 14.7 Å². The zero-order chi connectivity index (χ0) is 26.9. The normalized spacial score (nSPS) is 14.5. The smallest absolute Gasteiger partial charge is 0.273 e. The summed E-state index contributed by atoms with van der Waals surface area (Å²) in [5, 5.41) is 18.5. The zero-order valence-corrected chi connectivity index (χ0v) is 21.9. The second kappa shape index (κ2) is 10.1. The van der Waals surface area contributed by atoms with E-state index >= 15 is 0 Å². The van der Waals surface area contributed by atoms with Gasteiger partial charge in [-0.05, 0) is 59.9 Å². The minimum absolute atomic E-state index is 0.119. The van der Waals surface area contributed by atoms with Crippen LogP contribution < -0.4 is 4.74 Å². The Labute approximate surface area is 227 Å². The highest BCUT2D eigenvalue weighted by Crippen LogP contribution is 2.46. The number of carbonyl (C=O) groups excluding carboxylic acids is 1. The summed E-state index contributed by atoms with van der Waals surface area (Å²) in [5.74, 6) is 0.784. The van der Waals surface area contributed by atoms with E-state index in [-0.39, 0.29) is 17.7 Å². The first-order valence-electron chi connectivity index (χ1n) is 13.0. The molecule has 0 saturated heterocycles. The quantitative estimate of drug-likeness (QED) is 0.252. The molecular weight excluding hydrogens is 486 g/mol. The fourth-order valence-electron chi connectivity index (χ4n) is 5.42. The van der Waals surface area contributed by atoms with Crippen LogP contribution in [0.25, 0.3) is 11.3 Å². The number of phenols is 1. The first-order chi connectivity index (χ1) is 19.0. The number of nitrogens with one attached hydrogen (secondary N) is 1. The average molecular weight is 516 g/mol. The predicted octanol–water partition coefficient (Wildman–Crippen LogP) is 6.72. The number of carbonyl (C=O) groups is 1. The summed E-state index contributed by atoms with van der Waals surface area (Å²) in [4.78, 5) is 15.6. The second-order valence-electron chi connectivity index (χ2n) is 10.0. The monoisotopic (exact) mass is 515 g/mol. The van der Waals surface area contributed by atoms with E-state index < -0.39 is 0 Å². The van der Waals surface area contributed by atoms with Gasteiger partial charge in [0, 0.05) is 17.7 Å². The van der Waals surface area contributed by atoms with Crippen LogP contribution in [0, 0.1) is 13.8 Å². The molecule has 0 spiro atoms. The Balaban J connectivity index is 1.40. The third-order valence-corrected chi connectivity index (χ3v) is 7.20. The maximum Gasteiger partial charge on any atom is 0.273 e. The summed E-state index contributed by atoms with van der Waals surface area (Å²) in [6.07, 6.45) is 0. The van der Waals surface area contributed by atoms with Gasteiger partial charge in [-0.2, -0.15) is 5.10 Å². The van der Waals surface area contributed by atoms with Crippen LogP contribution in [-0.2, 0) is 13.2 Å². The molecule has 6 rings (SSSR count). The number of rotatable bonds is 7. The van der Waals surface area contributed by atoms with Gasteiger partial charge >= 0.3 is 0 Å². The van der Waals surface area contributed by atoms with Crippen LogP contribution in [0.1, 0.15) is 49.9 Å². The van der Waals surface area contributed by atoms with E-state index in [2.05, 4.69) is 10.2 Å². The molecule has 4 aromatic carbocycles. The maximum atomic E-state index is 13.7. The number of aromatic amines is 1. The number of aromatic nitrogens is 2. The topological polar surface area (TPSA) is 78.5 Å². The van der Waals surface area contributed by atoms with Crippen LogP contribution >= 0.6 is 0 Å². The van der Waals surface area contributed by atoms with E-state index in [1.807, 2.05) is 110 Å². The molecule has 1 aromatic heterocycles. The molecule has 0 fully saturated rings. The summed E-state index contributed by atoms with van der Waals surface area (Å²) in [6, 6.07) is 31.2. The Morgan fingerprint density at radius 2 is 1.56 bits per heavy atom. The molecule has 1 amide bonds. The molecule has 1 aliphatic rings. The highest BCUT2D eigenvalue weighted by molar-refractivity contribution is 6.00. The molecule has 6 heteroatoms. The van der Waals surface area contributed by atoms with Crippen molar-refractivity contribution in [1.29, 1.82) is 0 Å². The molecule has 39 heavy (non-hydrogen) atoms. The van der Waals surface area contributed by atoms with E-state index in [1.165, 1.54) is 0 Å². The Bertz CT molecular complexity index is 1600. The van der Waals surface area contributed by atoms with Crippen molar-refractivity contribution in [2.45, 2.75) is 33.0 Å². The van der Waals surface area contributed by atoms with E-state index in [0.29, 0.717) is 30.1 Å². The van der Waals surface area contributed by atoms with E-state index in [1.54, 1.807) is 6.07 Å². The molecule has 2 N–H and O–H groups in total. The number of aromatic hydroxyl groups is 1. The van der Waals surface area contributed by atoms with Crippen molar-refractivity contribution >= 4 is 5.91 Å². The maximum absolute atomic E-state index is 13.7. The standard InChI is InChI=1S/C33H29N3O3/c1-21-17-22(2)28(27(37)18-21)30-29-31(35-34-30)33(38)36(19-23-9-5-3-6-10-23)32(29)25-13-15-26(16-14-25)39-20-24-11-7-4-8-12-24/h3-18,32,37H,19-20H2,1-2H3,(H,34,35). The van der Waals surface area contributed by atoms with E-state index in [4.69, 9.17) is 4.74 Å². The summed E-state index contributed by atoms with van der Waals surface area (Å²) in [6.45, 7) is 4.82. The molecule has 1 atom stereocenters. The lowest BCUT2D eigenvalue weighted by Gasteiger charge is -2.27. The highest BCUT2D eigenvalue weighted by Gasteiger charge is 2.42. The van der Waals surface area contributed by atoms with Crippen molar-refractivity contribution in [3.8, 4) is 22.8 Å². The predicted molar refractivity (Wildman–Crippen MR) is 151 cm³/mol. The SMILES string of the molecule is Cc1cc(C)c(-c2n[nH]c3c2C(c2ccc(OCc4ccccc4)cc2)N(Cc2ccccc2)C3=O)c(O)c1. The molecule has 0 radical (unpaired) electrons. The summed E-state index contributed by atoms with van der Waals surface area (Å²) in [7, 11) is 0. The molecule has 6 nitrogen and oxygen atoms in total. The highest BCUT2D eigenvalue weighted by atomic mass is 16.5. The van der Waals surface area contributed by atoms with E-state index in [9.17, 15) is 9.90 Å². The Morgan fingerprint density at radius 3 is 2.23 bits per heavy atom. The number of benzene rings is 4. The zero-order valence-electron chi connectivity index (χ0n) is 21.9. The summed E-state index contributed by atoms with van der Waals surface area (Å²) in [5.41, 5.74) is 7.40. The minimum Gasteiger partial charge on any atom is -0.507 e. The van der Waals surface area contributed by atoms with Gasteiger partial charge in [0.25, 0.3) is 5.91 Å². The fraction of sp³-hybridized carbons (Fsp3) is 0.152. The lowest BCUT2D eigenvalue weighted by Crippen LogP contribution is -2.29. The van der Waals surface area contributed by atoms with Gasteiger partial charge in [-0.15, -0.1) is 0 Å². The van der Waals surface area contributed by atoms with Crippen molar-refractivity contribution in [3.63, 3.8) is 0 Å². The molecule has 0 saturated carbocycles. The van der Waals surface area contributed by atoms with Gasteiger partial charge in [0.05, 0.1) is 6.04 Å². The van der Waals surface area contributed by atoms with Crippen molar-refractivity contribution < 1.29 is 14.6 Å². The van der Waals surface area contributed by atoms with Crippen LogP contribution in [0.5, 0.6) is 11.5 Å². The number of amides is 1. The summed E-state index contributed by atoms with van der Waals surface area (Å²) < 4.78 is 6.01. The van der Waals surface area contributed by atoms with Gasteiger partial charge in [-0.3, -0.25) is 9.89 Å². The number of aryl methyl sites for hydroxylation is 2. The van der Waals surface area contributed by atoms with Crippen molar-refractivity contribution in [2.24, 2.45) is 0 Å². The van der Waals surface area contributed by atoms with Crippen molar-refractivity contribution in [3.05, 3.63) is 136 Å². The molecule has 5 aromatic rings. The summed E-state index contributed by atoms with van der Waals surface area (Å²) >= 11 is 0. The van der Waals surface area contributed by atoms with Crippen LogP contribution in [-0.4, -0.2) is 26.1 Å². The van der Waals surface area contributed by atoms with Crippen LogP contribution in [0.15, 0.2) is 97.1 Å². The number of phenolic OH excluding ortho intramolecular Hbond substituents is 1. The van der Waals surface area contributed by atoms with Crippen LogP contribution in [0.4, 0.5) is 0 Å². The number of nitrogens with zero attached hydrogens (tertiary/aromatic N) is 2. The van der Waals surface area contributed by atoms with E-state index in [0.717, 1.165) is 39.1 Å². The fourth-order valence-corrected chi connectivity index (χ4v) is 5.42. The van der Waals surface area contributed by atoms with Crippen molar-refractivity contribution in [1.82, 2.24) is 15.1 Å². The first-order valence-corrected chi connectivity index (χ1v) is 13.0. The first kappa shape index (κ1) is 24.5. The molecule has 2 heterocycles. The van der Waals surface area contributed by atoms with Gasteiger partial charge in [0.1, 0.15) is 29.5 Å². The number of hydrogen-bond acceptors (Lipinski definition) is 4. The molecule has 1 unspecified atom stereocenters. The Kier molecular flexibility index (Phi) is 6.37. The Hall–Kier alpha value is -4.84. The third-order valence-electron chi connectivity index (χ3n) is 7.20. The lowest BCUT2D eigenvalue weighted by atomic mass is 9.93. The molecule has 1 aliphatic heterocycles. The minimum atomic E-state index is -0.385. The van der Waals surface area contributed by atoms with Gasteiger partial charge in [0.15, 0.2) is 0 Å². The largest absolute Gasteiger partial charge is 0.507 e. The Morgan fingerprint density at radius 1 is 0.897 bits per heavy atom. The molecule has 194 valence electrons. The number of H-pyrrole nitrogens is 1. The van der Waals surface area contributed by atoms with Gasteiger partial charge in [0.2, 0.25) is 0 Å². The van der Waals surface area contributed by atoms with Gasteiger partial charge in [-0.1, -0.05) is 78.9 Å². The number of hydrogen-bond donors (Lipinski definition) is 2. The molecule has 0 bridgehead atoms. The van der Waals surface area contributed by atoms with Crippen LogP contribution in [0.2, 0.25) is 0 Å². The van der Waals surface area contributed by atoms with Gasteiger partial charge in [-0.25, -0.2) is 0 Å². The third kappa shape index (κ3) is 4.66. The molecule has 0 aliphatic carbocycles. The number of fused-ring (bicyclic) bond motifs is 1. The van der Waals surface area contributed by atoms with Crippen LogP contribution in [0.3, 0.4) is 0 Å². The second-order valence-corrected chi connectivity index (χ2v) is 10.0. The van der Waals surface area contributed by atoms with Crippen molar-refractivity contribution in [2.75, 3.05) is 0 Å². The average Bonchev–Trinajstić information content (AvgIpc) is 3.47. The number of ether oxygens (including phenoxy) is 1. The lowest BCUT2D eigenvalue weighted by molar-refractivity contribution is 0.0730.